The molecule has 0 bridgehead atoms. The first-order chi connectivity index (χ1) is 8.58. The molecule has 4 heteroatoms. The second kappa shape index (κ2) is 5.72. The maximum atomic E-state index is 12.2. The molecule has 1 aliphatic heterocycles. The number of aliphatic carboxylic acids is 1. The average molecular weight is 253 g/mol. The molecular weight excluding hydrogens is 230 g/mol. The van der Waals surface area contributed by atoms with E-state index in [2.05, 4.69) is 6.92 Å². The Hall–Kier alpha value is -1.06. The highest BCUT2D eigenvalue weighted by atomic mass is 16.4. The van der Waals surface area contributed by atoms with Gasteiger partial charge in [0, 0.05) is 13.0 Å². The van der Waals surface area contributed by atoms with E-state index in [0.29, 0.717) is 31.2 Å². The molecule has 1 aliphatic carbocycles. The minimum Gasteiger partial charge on any atom is -0.480 e. The smallest absolute Gasteiger partial charge is 0.326 e. The molecule has 0 aromatic carbocycles. The molecule has 2 rings (SSSR count). The van der Waals surface area contributed by atoms with Gasteiger partial charge in [0.15, 0.2) is 0 Å². The van der Waals surface area contributed by atoms with E-state index in [1.165, 1.54) is 12.8 Å². The zero-order valence-electron chi connectivity index (χ0n) is 11.1. The molecule has 0 radical (unpaired) electrons. The molecule has 3 unspecified atom stereocenters. The van der Waals surface area contributed by atoms with Crippen molar-refractivity contribution >= 4 is 11.9 Å². The summed E-state index contributed by atoms with van der Waals surface area (Å²) in [5, 5.41) is 9.09. The van der Waals surface area contributed by atoms with Crippen molar-refractivity contribution in [2.75, 3.05) is 6.54 Å². The minimum atomic E-state index is -0.849. The Morgan fingerprint density at radius 2 is 2.00 bits per heavy atom. The summed E-state index contributed by atoms with van der Waals surface area (Å²) >= 11 is 0. The van der Waals surface area contributed by atoms with E-state index in [4.69, 9.17) is 5.11 Å². The number of rotatable bonds is 3. The van der Waals surface area contributed by atoms with Gasteiger partial charge in [-0.1, -0.05) is 19.8 Å². The molecule has 1 heterocycles. The van der Waals surface area contributed by atoms with Crippen LogP contribution in [0.5, 0.6) is 0 Å². The highest BCUT2D eigenvalue weighted by Crippen LogP contribution is 2.32. The van der Waals surface area contributed by atoms with E-state index in [1.54, 1.807) is 4.90 Å². The molecule has 18 heavy (non-hydrogen) atoms. The largest absolute Gasteiger partial charge is 0.480 e. The van der Waals surface area contributed by atoms with Crippen LogP contribution in [0, 0.1) is 11.8 Å². The molecule has 102 valence electrons. The van der Waals surface area contributed by atoms with Crippen LogP contribution in [0.4, 0.5) is 0 Å². The minimum absolute atomic E-state index is 0.0546. The summed E-state index contributed by atoms with van der Waals surface area (Å²) in [4.78, 5) is 24.8. The van der Waals surface area contributed by atoms with Gasteiger partial charge in [0.2, 0.25) is 5.91 Å². The number of carboxylic acids is 1. The molecule has 1 saturated heterocycles. The van der Waals surface area contributed by atoms with E-state index in [-0.39, 0.29) is 5.91 Å². The Morgan fingerprint density at radius 3 is 2.67 bits per heavy atom. The molecule has 2 aliphatic rings. The lowest BCUT2D eigenvalue weighted by atomic mass is 9.80. The summed E-state index contributed by atoms with van der Waals surface area (Å²) in [5.74, 6) is 0.388. The predicted octanol–water partition coefficient (Wildman–Crippen LogP) is 2.28. The molecule has 0 spiro atoms. The molecule has 1 N–H and O–H groups in total. The number of hydrogen-bond donors (Lipinski definition) is 1. The van der Waals surface area contributed by atoms with Crippen LogP contribution >= 0.6 is 0 Å². The quantitative estimate of drug-likeness (QED) is 0.839. The van der Waals surface area contributed by atoms with E-state index in [9.17, 15) is 9.59 Å². The summed E-state index contributed by atoms with van der Waals surface area (Å²) in [6.45, 7) is 2.87. The van der Waals surface area contributed by atoms with Crippen LogP contribution < -0.4 is 0 Å². The fourth-order valence-electron chi connectivity index (χ4n) is 3.43. The van der Waals surface area contributed by atoms with Crippen molar-refractivity contribution in [3.8, 4) is 0 Å². The highest BCUT2D eigenvalue weighted by Gasteiger charge is 2.35. The monoisotopic (exact) mass is 253 g/mol. The van der Waals surface area contributed by atoms with Gasteiger partial charge in [0.1, 0.15) is 6.04 Å². The summed E-state index contributed by atoms with van der Waals surface area (Å²) < 4.78 is 0. The van der Waals surface area contributed by atoms with E-state index in [0.717, 1.165) is 19.3 Å². The van der Waals surface area contributed by atoms with Gasteiger partial charge < -0.3 is 10.0 Å². The number of carbonyl (C=O) groups is 2. The Labute approximate surface area is 108 Å². The SMILES string of the molecule is CC1CCCC(CC(=O)N2CCCC2C(=O)O)C1. The Kier molecular flexibility index (Phi) is 4.25. The van der Waals surface area contributed by atoms with Crippen molar-refractivity contribution in [1.82, 2.24) is 4.90 Å². The third kappa shape index (κ3) is 3.03. The molecule has 3 atom stereocenters. The average Bonchev–Trinajstić information content (AvgIpc) is 2.77. The highest BCUT2D eigenvalue weighted by molar-refractivity contribution is 5.84. The fraction of sp³-hybridized carbons (Fsp3) is 0.857. The standard InChI is InChI=1S/C14H23NO3/c1-10-4-2-5-11(8-10)9-13(16)15-7-3-6-12(15)14(17)18/h10-12H,2-9H2,1H3,(H,17,18). The molecule has 1 amide bonds. The Bertz CT molecular complexity index is 329. The lowest BCUT2D eigenvalue weighted by molar-refractivity contribution is -0.148. The first-order valence-corrected chi connectivity index (χ1v) is 7.10. The normalized spacial score (nSPS) is 32.5. The third-order valence-electron chi connectivity index (χ3n) is 4.37. The molecule has 0 aromatic heterocycles. The second-order valence-corrected chi connectivity index (χ2v) is 5.93. The van der Waals surface area contributed by atoms with Crippen LogP contribution in [0.2, 0.25) is 0 Å². The molecule has 1 saturated carbocycles. The van der Waals surface area contributed by atoms with Crippen molar-refractivity contribution in [2.45, 2.75) is 57.9 Å². The first kappa shape index (κ1) is 13.4. The van der Waals surface area contributed by atoms with Crippen molar-refractivity contribution in [3.05, 3.63) is 0 Å². The fourth-order valence-corrected chi connectivity index (χ4v) is 3.43. The van der Waals surface area contributed by atoms with Gasteiger partial charge >= 0.3 is 5.97 Å². The number of carbonyl (C=O) groups excluding carboxylic acids is 1. The van der Waals surface area contributed by atoms with Gasteiger partial charge in [-0.15, -0.1) is 0 Å². The number of amides is 1. The van der Waals surface area contributed by atoms with Gasteiger partial charge in [-0.05, 0) is 37.5 Å². The molecule has 4 nitrogen and oxygen atoms in total. The van der Waals surface area contributed by atoms with Crippen LogP contribution in [0.25, 0.3) is 0 Å². The third-order valence-corrected chi connectivity index (χ3v) is 4.37. The predicted molar refractivity (Wildman–Crippen MR) is 68.1 cm³/mol. The maximum absolute atomic E-state index is 12.2. The van der Waals surface area contributed by atoms with Crippen LogP contribution in [0.3, 0.4) is 0 Å². The van der Waals surface area contributed by atoms with Crippen molar-refractivity contribution in [3.63, 3.8) is 0 Å². The number of carboxylic acid groups (broad SMARTS) is 1. The summed E-state index contributed by atoms with van der Waals surface area (Å²) in [6, 6.07) is -0.571. The van der Waals surface area contributed by atoms with Gasteiger partial charge in [0.25, 0.3) is 0 Å². The molecule has 0 aromatic rings. The van der Waals surface area contributed by atoms with Gasteiger partial charge in [-0.2, -0.15) is 0 Å². The Morgan fingerprint density at radius 1 is 1.22 bits per heavy atom. The van der Waals surface area contributed by atoms with Crippen molar-refractivity contribution < 1.29 is 14.7 Å². The van der Waals surface area contributed by atoms with E-state index in [1.807, 2.05) is 0 Å². The number of nitrogens with zero attached hydrogens (tertiary/aromatic N) is 1. The van der Waals surface area contributed by atoms with Crippen LogP contribution in [0.1, 0.15) is 51.9 Å². The van der Waals surface area contributed by atoms with Gasteiger partial charge in [-0.3, -0.25) is 4.79 Å². The summed E-state index contributed by atoms with van der Waals surface area (Å²) in [5.41, 5.74) is 0. The molecule has 2 fully saturated rings. The lowest BCUT2D eigenvalue weighted by Crippen LogP contribution is -2.41. The van der Waals surface area contributed by atoms with Crippen LogP contribution in [-0.2, 0) is 9.59 Å². The summed E-state index contributed by atoms with van der Waals surface area (Å²) in [7, 11) is 0. The number of likely N-dealkylation sites (tertiary alicyclic amines) is 1. The second-order valence-electron chi connectivity index (χ2n) is 5.93. The van der Waals surface area contributed by atoms with Gasteiger partial charge in [-0.25, -0.2) is 4.79 Å². The molecular formula is C14H23NO3. The van der Waals surface area contributed by atoms with E-state index >= 15 is 0 Å². The van der Waals surface area contributed by atoms with Gasteiger partial charge in [0.05, 0.1) is 0 Å². The van der Waals surface area contributed by atoms with E-state index < -0.39 is 12.0 Å². The zero-order valence-corrected chi connectivity index (χ0v) is 11.1. The maximum Gasteiger partial charge on any atom is 0.326 e. The first-order valence-electron chi connectivity index (χ1n) is 7.10. The lowest BCUT2D eigenvalue weighted by Gasteiger charge is -2.29. The van der Waals surface area contributed by atoms with Crippen LogP contribution in [-0.4, -0.2) is 34.5 Å². The summed E-state index contributed by atoms with van der Waals surface area (Å²) in [6.07, 6.45) is 6.71. The van der Waals surface area contributed by atoms with Crippen molar-refractivity contribution in [1.29, 1.82) is 0 Å². The number of hydrogen-bond acceptors (Lipinski definition) is 2. The van der Waals surface area contributed by atoms with Crippen LogP contribution in [0.15, 0.2) is 0 Å². The zero-order chi connectivity index (χ0) is 13.1. The topological polar surface area (TPSA) is 57.6 Å². The Balaban J connectivity index is 1.89. The van der Waals surface area contributed by atoms with Crippen molar-refractivity contribution in [2.24, 2.45) is 11.8 Å².